The third kappa shape index (κ3) is 2.68. The van der Waals surface area contributed by atoms with E-state index in [1.165, 1.54) is 7.05 Å². The Bertz CT molecular complexity index is 697. The fraction of sp³-hybridized carbons (Fsp3) is 0.167. The lowest BCUT2D eigenvalue weighted by Crippen LogP contribution is -2.08. The molecule has 104 valence electrons. The third-order valence-corrected chi connectivity index (χ3v) is 2.55. The quantitative estimate of drug-likeness (QED) is 0.851. The largest absolute Gasteiger partial charge is 0.475 e. The number of carboxylic acid groups (broad SMARTS) is 1. The number of carbonyl (C=O) groups excluding carboxylic acids is 1. The number of halogens is 2. The van der Waals surface area contributed by atoms with Gasteiger partial charge in [0.05, 0.1) is 12.0 Å². The van der Waals surface area contributed by atoms with Gasteiger partial charge in [0.2, 0.25) is 5.82 Å². The molecule has 0 unspecified atom stereocenters. The summed E-state index contributed by atoms with van der Waals surface area (Å²) in [4.78, 5) is 26.3. The Morgan fingerprint density at radius 1 is 1.35 bits per heavy atom. The number of Topliss-reactive ketones (excluding diaryl/α,β-unsaturated/α-hetero) is 1. The average Bonchev–Trinajstić information content (AvgIpc) is 2.70. The van der Waals surface area contributed by atoms with Crippen molar-refractivity contribution in [3.05, 3.63) is 47.0 Å². The molecule has 0 aliphatic heterocycles. The van der Waals surface area contributed by atoms with Crippen molar-refractivity contribution in [1.29, 1.82) is 0 Å². The molecule has 0 aliphatic rings. The number of hydrogen-bond acceptors (Lipinski definition) is 4. The monoisotopic (exact) mass is 281 g/mol. The number of carbonyl (C=O) groups is 2. The van der Waals surface area contributed by atoms with Gasteiger partial charge in [0.25, 0.3) is 0 Å². The van der Waals surface area contributed by atoms with Crippen LogP contribution in [0.25, 0.3) is 0 Å². The minimum atomic E-state index is -1.29. The van der Waals surface area contributed by atoms with Crippen LogP contribution in [-0.4, -0.2) is 31.6 Å². The van der Waals surface area contributed by atoms with Crippen molar-refractivity contribution < 1.29 is 23.5 Å². The van der Waals surface area contributed by atoms with Crippen molar-refractivity contribution in [2.45, 2.75) is 6.42 Å². The summed E-state index contributed by atoms with van der Waals surface area (Å²) in [7, 11) is 1.36. The van der Waals surface area contributed by atoms with Gasteiger partial charge in [-0.3, -0.25) is 4.79 Å². The molecule has 8 heteroatoms. The maximum Gasteiger partial charge on any atom is 0.373 e. The average molecular weight is 281 g/mol. The van der Waals surface area contributed by atoms with Crippen molar-refractivity contribution >= 4 is 11.8 Å². The van der Waals surface area contributed by atoms with Crippen LogP contribution in [0, 0.1) is 11.6 Å². The van der Waals surface area contributed by atoms with Gasteiger partial charge in [-0.25, -0.2) is 23.2 Å². The molecule has 0 saturated heterocycles. The molecule has 0 amide bonds. The third-order valence-electron chi connectivity index (χ3n) is 2.55. The van der Waals surface area contributed by atoms with Crippen LogP contribution in [0.5, 0.6) is 0 Å². The van der Waals surface area contributed by atoms with Gasteiger partial charge in [-0.15, -0.1) is 0 Å². The summed E-state index contributed by atoms with van der Waals surface area (Å²) >= 11 is 0. The zero-order valence-electron chi connectivity index (χ0n) is 10.3. The van der Waals surface area contributed by atoms with Crippen LogP contribution in [0.2, 0.25) is 0 Å². The first-order chi connectivity index (χ1) is 9.38. The normalized spacial score (nSPS) is 10.6. The van der Waals surface area contributed by atoms with Crippen LogP contribution in [0.15, 0.2) is 18.2 Å². The van der Waals surface area contributed by atoms with Crippen LogP contribution >= 0.6 is 0 Å². The summed E-state index contributed by atoms with van der Waals surface area (Å²) in [5.74, 6) is -4.09. The predicted molar refractivity (Wildman–Crippen MR) is 62.4 cm³/mol. The summed E-state index contributed by atoms with van der Waals surface area (Å²) in [6.07, 6.45) is -0.371. The number of carboxylic acids is 1. The SMILES string of the molecule is Cn1nc(CC(=O)c2ccc(F)cc2F)nc1C(=O)O. The van der Waals surface area contributed by atoms with Gasteiger partial charge in [0.15, 0.2) is 11.6 Å². The van der Waals surface area contributed by atoms with E-state index in [0.717, 1.165) is 16.8 Å². The Morgan fingerprint density at radius 2 is 2.05 bits per heavy atom. The van der Waals surface area contributed by atoms with Gasteiger partial charge in [-0.05, 0) is 12.1 Å². The lowest BCUT2D eigenvalue weighted by Gasteiger charge is -2.00. The smallest absolute Gasteiger partial charge is 0.373 e. The van der Waals surface area contributed by atoms with E-state index < -0.39 is 23.4 Å². The van der Waals surface area contributed by atoms with Gasteiger partial charge in [-0.2, -0.15) is 5.10 Å². The first-order valence-electron chi connectivity index (χ1n) is 5.50. The summed E-state index contributed by atoms with van der Waals surface area (Å²) in [5, 5.41) is 12.5. The molecule has 1 N–H and O–H groups in total. The Hall–Kier alpha value is -2.64. The van der Waals surface area contributed by atoms with Crippen LogP contribution < -0.4 is 0 Å². The Kier molecular flexibility index (Phi) is 3.55. The first-order valence-corrected chi connectivity index (χ1v) is 5.50. The van der Waals surface area contributed by atoms with Crippen molar-refractivity contribution in [3.63, 3.8) is 0 Å². The molecule has 1 aromatic carbocycles. The zero-order chi connectivity index (χ0) is 14.9. The molecule has 2 aromatic rings. The van der Waals surface area contributed by atoms with Gasteiger partial charge >= 0.3 is 5.97 Å². The Balaban J connectivity index is 2.23. The van der Waals surface area contributed by atoms with Crippen molar-refractivity contribution in [2.24, 2.45) is 7.05 Å². The molecular weight excluding hydrogens is 272 g/mol. The molecular formula is C12H9F2N3O3. The number of ketones is 1. The highest BCUT2D eigenvalue weighted by Crippen LogP contribution is 2.12. The summed E-state index contributed by atoms with van der Waals surface area (Å²) in [6.45, 7) is 0. The molecule has 6 nitrogen and oxygen atoms in total. The minimum absolute atomic E-state index is 0.0429. The van der Waals surface area contributed by atoms with Gasteiger partial charge < -0.3 is 5.11 Å². The molecule has 0 fully saturated rings. The number of aryl methyl sites for hydroxylation is 1. The number of hydrogen-bond donors (Lipinski definition) is 1. The number of benzene rings is 1. The lowest BCUT2D eigenvalue weighted by atomic mass is 10.1. The number of rotatable bonds is 4. The van der Waals surface area contributed by atoms with E-state index in [1.54, 1.807) is 0 Å². The van der Waals surface area contributed by atoms with E-state index in [9.17, 15) is 18.4 Å². The van der Waals surface area contributed by atoms with E-state index in [4.69, 9.17) is 5.11 Å². The first kappa shape index (κ1) is 13.8. The number of aromatic carboxylic acids is 1. The highest BCUT2D eigenvalue weighted by molar-refractivity contribution is 5.97. The molecule has 0 atom stereocenters. The van der Waals surface area contributed by atoms with Crippen LogP contribution in [0.1, 0.15) is 26.8 Å². The highest BCUT2D eigenvalue weighted by atomic mass is 19.1. The van der Waals surface area contributed by atoms with Crippen LogP contribution in [0.4, 0.5) is 8.78 Å². The molecule has 1 aromatic heterocycles. The zero-order valence-corrected chi connectivity index (χ0v) is 10.3. The second-order valence-electron chi connectivity index (χ2n) is 4.00. The van der Waals surface area contributed by atoms with E-state index in [1.807, 2.05) is 0 Å². The molecule has 20 heavy (non-hydrogen) atoms. The van der Waals surface area contributed by atoms with Gasteiger partial charge in [0, 0.05) is 13.1 Å². The molecule has 0 bridgehead atoms. The van der Waals surface area contributed by atoms with E-state index in [-0.39, 0.29) is 23.6 Å². The summed E-state index contributed by atoms with van der Waals surface area (Å²) in [5.41, 5.74) is -0.296. The number of nitrogens with zero attached hydrogens (tertiary/aromatic N) is 3. The Labute approximate surface area is 111 Å². The van der Waals surface area contributed by atoms with Crippen molar-refractivity contribution in [3.8, 4) is 0 Å². The van der Waals surface area contributed by atoms with E-state index >= 15 is 0 Å². The predicted octanol–water partition coefficient (Wildman–Crippen LogP) is 1.22. The number of aromatic nitrogens is 3. The molecule has 1 heterocycles. The van der Waals surface area contributed by atoms with Crippen molar-refractivity contribution in [1.82, 2.24) is 14.8 Å². The fourth-order valence-electron chi connectivity index (χ4n) is 1.65. The highest BCUT2D eigenvalue weighted by Gasteiger charge is 2.18. The fourth-order valence-corrected chi connectivity index (χ4v) is 1.65. The van der Waals surface area contributed by atoms with E-state index in [0.29, 0.717) is 6.07 Å². The standard InChI is InChI=1S/C12H9F2N3O3/c1-17-11(12(19)20)15-10(16-17)5-9(18)7-3-2-6(13)4-8(7)14/h2-4H,5H2,1H3,(H,19,20). The summed E-state index contributed by atoms with van der Waals surface area (Å²) < 4.78 is 27.2. The topological polar surface area (TPSA) is 85.1 Å². The minimum Gasteiger partial charge on any atom is -0.475 e. The molecule has 0 aliphatic carbocycles. The molecule has 0 spiro atoms. The van der Waals surface area contributed by atoms with Gasteiger partial charge in [0.1, 0.15) is 11.6 Å². The molecule has 0 saturated carbocycles. The summed E-state index contributed by atoms with van der Waals surface area (Å²) in [6, 6.07) is 2.58. The van der Waals surface area contributed by atoms with E-state index in [2.05, 4.69) is 10.1 Å². The maximum atomic E-state index is 13.4. The Morgan fingerprint density at radius 3 is 2.60 bits per heavy atom. The second kappa shape index (κ2) is 5.16. The molecule has 2 rings (SSSR count). The maximum absolute atomic E-state index is 13.4. The van der Waals surface area contributed by atoms with Gasteiger partial charge in [-0.1, -0.05) is 0 Å². The van der Waals surface area contributed by atoms with Crippen LogP contribution in [-0.2, 0) is 13.5 Å². The lowest BCUT2D eigenvalue weighted by molar-refractivity contribution is 0.0677. The second-order valence-corrected chi connectivity index (χ2v) is 4.00. The van der Waals surface area contributed by atoms with Crippen molar-refractivity contribution in [2.75, 3.05) is 0 Å². The molecule has 0 radical (unpaired) electrons. The van der Waals surface area contributed by atoms with Crippen LogP contribution in [0.3, 0.4) is 0 Å².